The molecule has 2 bridgehead atoms. The lowest BCUT2D eigenvalue weighted by Gasteiger charge is -2.37. The Hall–Kier alpha value is -4.31. The maximum atomic E-state index is 12.7. The zero-order valence-corrected chi connectivity index (χ0v) is 28.9. The number of nitrogens with one attached hydrogen (secondary N) is 2. The summed E-state index contributed by atoms with van der Waals surface area (Å²) in [5.74, 6) is -5.66. The second-order valence-corrected chi connectivity index (χ2v) is 12.5. The molecular formula is C32H51N7O13. The fraction of sp³-hybridized carbons (Fsp3) is 0.656. The third kappa shape index (κ3) is 15.5. The fourth-order valence-corrected chi connectivity index (χ4v) is 5.72. The Morgan fingerprint density at radius 1 is 0.654 bits per heavy atom. The molecular weight excluding hydrogens is 690 g/mol. The number of carbonyl (C=O) groups excluding carboxylic acids is 3. The minimum Gasteiger partial charge on any atom is -0.480 e. The van der Waals surface area contributed by atoms with Gasteiger partial charge in [0.2, 0.25) is 17.7 Å². The van der Waals surface area contributed by atoms with Gasteiger partial charge in [0.15, 0.2) is 0 Å². The first-order valence-corrected chi connectivity index (χ1v) is 16.9. The zero-order valence-electron chi connectivity index (χ0n) is 28.9. The number of carbonyl (C=O) groups is 6. The fourth-order valence-electron chi connectivity index (χ4n) is 5.72. The summed E-state index contributed by atoms with van der Waals surface area (Å²) >= 11 is 0. The Labute approximate surface area is 300 Å². The summed E-state index contributed by atoms with van der Waals surface area (Å²) < 4.78 is 0. The average Bonchev–Trinajstić information content (AvgIpc) is 3.08. The minimum absolute atomic E-state index is 0.0348. The van der Waals surface area contributed by atoms with Crippen LogP contribution in [0.15, 0.2) is 18.2 Å². The van der Waals surface area contributed by atoms with Crippen LogP contribution in [0.25, 0.3) is 0 Å². The van der Waals surface area contributed by atoms with E-state index in [9.17, 15) is 54.3 Å². The van der Waals surface area contributed by atoms with Gasteiger partial charge in [-0.1, -0.05) is 6.07 Å². The van der Waals surface area contributed by atoms with E-state index in [-0.39, 0.29) is 90.9 Å². The number of fused-ring (bicyclic) bond motifs is 2. The molecule has 3 amide bonds. The lowest BCUT2D eigenvalue weighted by atomic mass is 10.1. The number of carboxylic acid groups (broad SMARTS) is 3. The number of primary amides is 1. The van der Waals surface area contributed by atoms with Crippen molar-refractivity contribution in [2.24, 2.45) is 5.73 Å². The highest BCUT2D eigenvalue weighted by atomic mass is 16.4. The highest BCUT2D eigenvalue weighted by Gasteiger charge is 2.33. The number of hydrogen-bond donors (Lipinski definition) is 10. The van der Waals surface area contributed by atoms with Crippen LogP contribution in [0.5, 0.6) is 0 Å². The van der Waals surface area contributed by atoms with Crippen LogP contribution < -0.4 is 16.4 Å². The summed E-state index contributed by atoms with van der Waals surface area (Å²) in [5.41, 5.74) is 6.13. The molecule has 0 saturated carbocycles. The number of aliphatic carboxylic acids is 3. The lowest BCUT2D eigenvalue weighted by Crippen LogP contribution is -2.52. The van der Waals surface area contributed by atoms with E-state index in [0.717, 1.165) is 0 Å². The molecule has 1 aliphatic rings. The van der Waals surface area contributed by atoms with Crippen molar-refractivity contribution in [3.63, 3.8) is 0 Å². The Balaban J connectivity index is 2.49. The average molecular weight is 742 g/mol. The summed E-state index contributed by atoms with van der Waals surface area (Å²) in [6, 6.07) is 1.19. The summed E-state index contributed by atoms with van der Waals surface area (Å²) in [7, 11) is 0. The zero-order chi connectivity index (χ0) is 38.8. The SMILES string of the molecule is NC(=O)CCC(C(=O)O)N1CCN(C(CCC(=O)NCC(O)CO)C(=O)O)CCN(C(CCC(=O)NCC(O)CO)C(=O)O)Cc2cccc(n2)C1. The standard InChI is InChI=1S/C32H51N7O13/c33-27(44)7-4-25(31(49)50)38-12-10-37(24(30(47)48)5-8-28(45)34-14-22(42)18-40)11-13-39(17-21-3-1-2-20(16-38)36-21)26(32(51)52)6-9-29(46)35-15-23(43)19-41/h1-3,22-26,40-43H,4-19H2,(H2,33,44)(H,34,45)(H,35,46)(H,47,48)(H,49,50)(H,51,52). The number of nitrogens with two attached hydrogens (primary N) is 1. The van der Waals surface area contributed by atoms with Crippen molar-refractivity contribution < 1.29 is 64.5 Å². The number of aromatic nitrogens is 1. The Morgan fingerprint density at radius 3 is 1.38 bits per heavy atom. The monoisotopic (exact) mass is 741 g/mol. The molecule has 0 saturated heterocycles. The largest absolute Gasteiger partial charge is 0.480 e. The van der Waals surface area contributed by atoms with E-state index >= 15 is 0 Å². The van der Waals surface area contributed by atoms with Crippen molar-refractivity contribution in [3.05, 3.63) is 29.6 Å². The summed E-state index contributed by atoms with van der Waals surface area (Å²) in [6.45, 7) is -1.99. The van der Waals surface area contributed by atoms with Crippen LogP contribution >= 0.6 is 0 Å². The molecule has 0 fully saturated rings. The predicted octanol–water partition coefficient (Wildman–Crippen LogP) is -3.87. The van der Waals surface area contributed by atoms with Crippen molar-refractivity contribution in [3.8, 4) is 0 Å². The van der Waals surface area contributed by atoms with Crippen LogP contribution in [0.2, 0.25) is 0 Å². The molecule has 5 atom stereocenters. The van der Waals surface area contributed by atoms with Gasteiger partial charge in [0, 0.05) is 71.6 Å². The molecule has 0 spiro atoms. The molecule has 2 heterocycles. The van der Waals surface area contributed by atoms with Gasteiger partial charge in [0.05, 0.1) is 36.8 Å². The molecule has 292 valence electrons. The first kappa shape index (κ1) is 43.9. The second-order valence-electron chi connectivity index (χ2n) is 12.5. The van der Waals surface area contributed by atoms with Gasteiger partial charge in [-0.05, 0) is 31.4 Å². The van der Waals surface area contributed by atoms with Crippen LogP contribution in [0.1, 0.15) is 49.9 Å². The number of aliphatic hydroxyl groups excluding tert-OH is 4. The van der Waals surface area contributed by atoms with Gasteiger partial charge in [-0.2, -0.15) is 0 Å². The van der Waals surface area contributed by atoms with Crippen molar-refractivity contribution in [2.45, 2.75) is 81.9 Å². The number of nitrogens with zero attached hydrogens (tertiary/aromatic N) is 4. The molecule has 52 heavy (non-hydrogen) atoms. The first-order chi connectivity index (χ1) is 24.6. The minimum atomic E-state index is -1.31. The summed E-state index contributed by atoms with van der Waals surface area (Å²) in [4.78, 5) is 83.4. The molecule has 1 aromatic heterocycles. The van der Waals surface area contributed by atoms with Gasteiger partial charge in [0.1, 0.15) is 18.1 Å². The van der Waals surface area contributed by atoms with Crippen molar-refractivity contribution in [1.82, 2.24) is 30.3 Å². The van der Waals surface area contributed by atoms with E-state index < -0.39 is 79.2 Å². The van der Waals surface area contributed by atoms with E-state index in [1.165, 1.54) is 14.7 Å². The topological polar surface area (TPSA) is 317 Å². The molecule has 2 rings (SSSR count). The van der Waals surface area contributed by atoms with Crippen LogP contribution in [0.4, 0.5) is 0 Å². The third-order valence-electron chi connectivity index (χ3n) is 8.57. The highest BCUT2D eigenvalue weighted by molar-refractivity contribution is 5.79. The highest BCUT2D eigenvalue weighted by Crippen LogP contribution is 2.19. The summed E-state index contributed by atoms with van der Waals surface area (Å²) in [6.07, 6.45) is -3.70. The Morgan fingerprint density at radius 2 is 1.02 bits per heavy atom. The predicted molar refractivity (Wildman–Crippen MR) is 180 cm³/mol. The maximum absolute atomic E-state index is 12.7. The van der Waals surface area contributed by atoms with E-state index in [2.05, 4.69) is 15.6 Å². The van der Waals surface area contributed by atoms with Gasteiger partial charge in [-0.15, -0.1) is 0 Å². The second kappa shape index (κ2) is 22.6. The Bertz CT molecular complexity index is 1350. The van der Waals surface area contributed by atoms with E-state index in [1.807, 2.05) is 0 Å². The number of carboxylic acids is 3. The number of pyridine rings is 1. The molecule has 0 radical (unpaired) electrons. The number of hydrogen-bond acceptors (Lipinski definition) is 14. The van der Waals surface area contributed by atoms with Crippen molar-refractivity contribution in [1.29, 1.82) is 0 Å². The number of amides is 3. The van der Waals surface area contributed by atoms with Gasteiger partial charge in [0.25, 0.3) is 0 Å². The number of aliphatic hydroxyl groups is 4. The molecule has 5 unspecified atom stereocenters. The van der Waals surface area contributed by atoms with Crippen LogP contribution in [0.3, 0.4) is 0 Å². The smallest absolute Gasteiger partial charge is 0.320 e. The van der Waals surface area contributed by atoms with Crippen LogP contribution in [-0.4, -0.2) is 174 Å². The maximum Gasteiger partial charge on any atom is 0.320 e. The van der Waals surface area contributed by atoms with Crippen LogP contribution in [-0.2, 0) is 41.9 Å². The van der Waals surface area contributed by atoms with Crippen molar-refractivity contribution in [2.75, 3.05) is 52.5 Å². The van der Waals surface area contributed by atoms with Crippen LogP contribution in [0, 0.1) is 0 Å². The normalized spacial score (nSPS) is 17.7. The van der Waals surface area contributed by atoms with Crippen molar-refractivity contribution >= 4 is 35.6 Å². The van der Waals surface area contributed by atoms with Gasteiger partial charge < -0.3 is 52.1 Å². The Kier molecular flexibility index (Phi) is 19.0. The van der Waals surface area contributed by atoms with Gasteiger partial charge >= 0.3 is 17.9 Å². The molecule has 1 aromatic rings. The molecule has 0 aromatic carbocycles. The van der Waals surface area contributed by atoms with Gasteiger partial charge in [-0.25, -0.2) is 0 Å². The summed E-state index contributed by atoms with van der Waals surface area (Å²) in [5, 5.41) is 72.6. The number of rotatable bonds is 21. The van der Waals surface area contributed by atoms with E-state index in [0.29, 0.717) is 11.4 Å². The first-order valence-electron chi connectivity index (χ1n) is 16.9. The third-order valence-corrected chi connectivity index (χ3v) is 8.57. The van der Waals surface area contributed by atoms with Gasteiger partial charge in [-0.3, -0.25) is 48.5 Å². The molecule has 11 N–H and O–H groups in total. The lowest BCUT2D eigenvalue weighted by molar-refractivity contribution is -0.147. The molecule has 1 aliphatic heterocycles. The quantitative estimate of drug-likeness (QED) is 0.0576. The molecule has 20 nitrogen and oxygen atoms in total. The molecule has 0 aliphatic carbocycles. The van der Waals surface area contributed by atoms with E-state index in [4.69, 9.17) is 15.9 Å². The van der Waals surface area contributed by atoms with E-state index in [1.54, 1.807) is 18.2 Å². The molecule has 20 heteroatoms.